The first-order valence-corrected chi connectivity index (χ1v) is 8.47. The summed E-state index contributed by atoms with van der Waals surface area (Å²) in [5.74, 6) is 0.116. The van der Waals surface area contributed by atoms with Crippen molar-refractivity contribution in [3.05, 3.63) is 34.9 Å². The van der Waals surface area contributed by atoms with Gasteiger partial charge in [-0.3, -0.25) is 9.59 Å². The normalized spacial score (nSPS) is 16.2. The van der Waals surface area contributed by atoms with Crippen LogP contribution in [0.5, 0.6) is 0 Å². The number of nitrogens with zero attached hydrogens (tertiary/aromatic N) is 2. The molecule has 0 unspecified atom stereocenters. The van der Waals surface area contributed by atoms with Crippen LogP contribution in [0.3, 0.4) is 0 Å². The Morgan fingerprint density at radius 1 is 1.04 bits per heavy atom. The molecule has 2 rings (SSSR count). The molecule has 1 aromatic carbocycles. The van der Waals surface area contributed by atoms with Gasteiger partial charge in [-0.1, -0.05) is 44.5 Å². The summed E-state index contributed by atoms with van der Waals surface area (Å²) in [6.07, 6.45) is 1.33. The third-order valence-corrected chi connectivity index (χ3v) is 4.25. The van der Waals surface area contributed by atoms with Gasteiger partial charge >= 0.3 is 0 Å². The maximum absolute atomic E-state index is 12.6. The molecule has 0 spiro atoms. The number of hydrogen-bond acceptors (Lipinski definition) is 2. The molecule has 1 aliphatic rings. The summed E-state index contributed by atoms with van der Waals surface area (Å²) in [5.41, 5.74) is 0.514. The standard InChI is InChI=1S/C18H25ClN2O2/c1-18(2,3)13-16(22)20-9-6-10-21(12-11-20)17(23)14-7-4-5-8-15(14)19/h4-5,7-8H,6,9-13H2,1-3H3. The summed E-state index contributed by atoms with van der Waals surface area (Å²) < 4.78 is 0. The molecule has 0 aliphatic carbocycles. The second-order valence-electron chi connectivity index (χ2n) is 7.24. The molecule has 0 aromatic heterocycles. The SMILES string of the molecule is CC(C)(C)CC(=O)N1CCCN(C(=O)c2ccccc2Cl)CC1. The molecular weight excluding hydrogens is 312 g/mol. The van der Waals surface area contributed by atoms with Crippen molar-refractivity contribution in [2.75, 3.05) is 26.2 Å². The molecule has 1 aromatic rings. The maximum Gasteiger partial charge on any atom is 0.255 e. The average molecular weight is 337 g/mol. The fourth-order valence-electron chi connectivity index (χ4n) is 2.74. The minimum atomic E-state index is -0.0549. The van der Waals surface area contributed by atoms with Crippen LogP contribution >= 0.6 is 11.6 Å². The van der Waals surface area contributed by atoms with Gasteiger partial charge in [0.15, 0.2) is 0 Å². The first-order chi connectivity index (χ1) is 10.8. The lowest BCUT2D eigenvalue weighted by atomic mass is 9.91. The number of hydrogen-bond donors (Lipinski definition) is 0. The third kappa shape index (κ3) is 4.96. The fraction of sp³-hybridized carbons (Fsp3) is 0.556. The van der Waals surface area contributed by atoms with Gasteiger partial charge in [0.1, 0.15) is 0 Å². The quantitative estimate of drug-likeness (QED) is 0.830. The van der Waals surface area contributed by atoms with Crippen molar-refractivity contribution in [1.82, 2.24) is 9.80 Å². The Bertz CT molecular complexity index is 581. The molecule has 0 saturated carbocycles. The van der Waals surface area contributed by atoms with Crippen LogP contribution in [0.15, 0.2) is 24.3 Å². The van der Waals surface area contributed by atoms with Gasteiger partial charge in [0, 0.05) is 32.6 Å². The van der Waals surface area contributed by atoms with Gasteiger partial charge < -0.3 is 9.80 Å². The number of carbonyl (C=O) groups excluding carboxylic acids is 2. The number of rotatable bonds is 2. The van der Waals surface area contributed by atoms with Crippen LogP contribution in [0.1, 0.15) is 44.0 Å². The molecule has 1 heterocycles. The average Bonchev–Trinajstić information content (AvgIpc) is 2.71. The van der Waals surface area contributed by atoms with Crippen molar-refractivity contribution in [2.45, 2.75) is 33.6 Å². The minimum absolute atomic E-state index is 0.0174. The summed E-state index contributed by atoms with van der Waals surface area (Å²) in [6.45, 7) is 8.71. The van der Waals surface area contributed by atoms with E-state index in [2.05, 4.69) is 20.8 Å². The van der Waals surface area contributed by atoms with Crippen LogP contribution < -0.4 is 0 Å². The summed E-state index contributed by atoms with van der Waals surface area (Å²) in [5, 5.41) is 0.474. The van der Waals surface area contributed by atoms with Gasteiger partial charge in [-0.2, -0.15) is 0 Å². The predicted octanol–water partition coefficient (Wildman–Crippen LogP) is 3.45. The van der Waals surface area contributed by atoms with Gasteiger partial charge in [-0.05, 0) is 24.0 Å². The van der Waals surface area contributed by atoms with E-state index < -0.39 is 0 Å². The number of amides is 2. The van der Waals surface area contributed by atoms with Crippen molar-refractivity contribution in [3.8, 4) is 0 Å². The highest BCUT2D eigenvalue weighted by atomic mass is 35.5. The summed E-state index contributed by atoms with van der Waals surface area (Å²) >= 11 is 6.12. The summed E-state index contributed by atoms with van der Waals surface area (Å²) in [6, 6.07) is 7.11. The molecule has 0 radical (unpaired) electrons. The summed E-state index contributed by atoms with van der Waals surface area (Å²) in [4.78, 5) is 28.7. The van der Waals surface area contributed by atoms with Crippen LogP contribution in [-0.2, 0) is 4.79 Å². The van der Waals surface area contributed by atoms with Crippen LogP contribution in [0.4, 0.5) is 0 Å². The molecule has 1 saturated heterocycles. The highest BCUT2D eigenvalue weighted by Crippen LogP contribution is 2.21. The van der Waals surface area contributed by atoms with E-state index >= 15 is 0 Å². The number of benzene rings is 1. The molecule has 5 heteroatoms. The molecule has 2 amide bonds. The molecule has 126 valence electrons. The first-order valence-electron chi connectivity index (χ1n) is 8.09. The van der Waals surface area contributed by atoms with E-state index in [1.807, 2.05) is 17.0 Å². The van der Waals surface area contributed by atoms with Crippen molar-refractivity contribution in [2.24, 2.45) is 5.41 Å². The zero-order chi connectivity index (χ0) is 17.0. The third-order valence-electron chi connectivity index (χ3n) is 3.92. The van der Waals surface area contributed by atoms with E-state index in [0.717, 1.165) is 6.42 Å². The van der Waals surface area contributed by atoms with Crippen LogP contribution in [0, 0.1) is 5.41 Å². The molecular formula is C18H25ClN2O2. The second-order valence-corrected chi connectivity index (χ2v) is 7.65. The van der Waals surface area contributed by atoms with Crippen molar-refractivity contribution in [1.29, 1.82) is 0 Å². The van der Waals surface area contributed by atoms with Crippen molar-refractivity contribution < 1.29 is 9.59 Å². The lowest BCUT2D eigenvalue weighted by molar-refractivity contribution is -0.132. The molecule has 4 nitrogen and oxygen atoms in total. The van der Waals surface area contributed by atoms with Crippen LogP contribution in [-0.4, -0.2) is 47.8 Å². The molecule has 1 fully saturated rings. The largest absolute Gasteiger partial charge is 0.341 e. The fourth-order valence-corrected chi connectivity index (χ4v) is 2.96. The Kier molecular flexibility index (Phi) is 5.69. The maximum atomic E-state index is 12.6. The molecule has 1 aliphatic heterocycles. The topological polar surface area (TPSA) is 40.6 Å². The van der Waals surface area contributed by atoms with E-state index in [1.165, 1.54) is 0 Å². The van der Waals surface area contributed by atoms with Gasteiger partial charge in [-0.25, -0.2) is 0 Å². The Morgan fingerprint density at radius 3 is 2.30 bits per heavy atom. The van der Waals surface area contributed by atoms with Crippen LogP contribution in [0.2, 0.25) is 5.02 Å². The van der Waals surface area contributed by atoms with Crippen molar-refractivity contribution in [3.63, 3.8) is 0 Å². The lowest BCUT2D eigenvalue weighted by Gasteiger charge is -2.26. The van der Waals surface area contributed by atoms with Crippen molar-refractivity contribution >= 4 is 23.4 Å². The van der Waals surface area contributed by atoms with Gasteiger partial charge in [0.05, 0.1) is 10.6 Å². The van der Waals surface area contributed by atoms with Gasteiger partial charge in [-0.15, -0.1) is 0 Å². The Balaban J connectivity index is 2.00. The van der Waals surface area contributed by atoms with E-state index in [9.17, 15) is 9.59 Å². The highest BCUT2D eigenvalue weighted by Gasteiger charge is 2.26. The summed E-state index contributed by atoms with van der Waals surface area (Å²) in [7, 11) is 0. The monoisotopic (exact) mass is 336 g/mol. The lowest BCUT2D eigenvalue weighted by Crippen LogP contribution is -2.38. The Morgan fingerprint density at radius 2 is 1.65 bits per heavy atom. The first kappa shape index (κ1) is 17.8. The highest BCUT2D eigenvalue weighted by molar-refractivity contribution is 6.33. The predicted molar refractivity (Wildman–Crippen MR) is 92.6 cm³/mol. The second kappa shape index (κ2) is 7.35. The molecule has 0 atom stereocenters. The van der Waals surface area contributed by atoms with Gasteiger partial charge in [0.25, 0.3) is 5.91 Å². The van der Waals surface area contributed by atoms with Crippen LogP contribution in [0.25, 0.3) is 0 Å². The number of halogens is 1. The van der Waals surface area contributed by atoms with E-state index in [4.69, 9.17) is 11.6 Å². The minimum Gasteiger partial charge on any atom is -0.341 e. The molecule has 0 bridgehead atoms. The molecule has 23 heavy (non-hydrogen) atoms. The van der Waals surface area contributed by atoms with E-state index in [0.29, 0.717) is 43.2 Å². The van der Waals surface area contributed by atoms with E-state index in [1.54, 1.807) is 17.0 Å². The smallest absolute Gasteiger partial charge is 0.255 e. The zero-order valence-corrected chi connectivity index (χ0v) is 14.9. The molecule has 0 N–H and O–H groups in total. The zero-order valence-electron chi connectivity index (χ0n) is 14.1. The number of carbonyl (C=O) groups is 2. The Labute approximate surface area is 143 Å². The van der Waals surface area contributed by atoms with Gasteiger partial charge in [0.2, 0.25) is 5.91 Å². The Hall–Kier alpha value is -1.55. The van der Waals surface area contributed by atoms with E-state index in [-0.39, 0.29) is 17.2 Å².